The van der Waals surface area contributed by atoms with Crippen molar-refractivity contribution in [3.63, 3.8) is 0 Å². The summed E-state index contributed by atoms with van der Waals surface area (Å²) in [5.41, 5.74) is 0. The van der Waals surface area contributed by atoms with Crippen LogP contribution in [0.1, 0.15) is 32.6 Å². The molecule has 0 N–H and O–H groups in total. The van der Waals surface area contributed by atoms with E-state index in [0.29, 0.717) is 0 Å². The summed E-state index contributed by atoms with van der Waals surface area (Å²) in [6, 6.07) is 0.947. The Kier molecular flexibility index (Phi) is 3.20. The molecule has 1 unspecified atom stereocenters. The first kappa shape index (κ1) is 9.85. The molecule has 2 rings (SSSR count). The lowest BCUT2D eigenvalue weighted by atomic mass is 10.2. The molecule has 1 atom stereocenters. The van der Waals surface area contributed by atoms with Crippen molar-refractivity contribution in [1.29, 1.82) is 0 Å². The van der Waals surface area contributed by atoms with Crippen LogP contribution in [0, 0.1) is 11.8 Å². The first-order chi connectivity index (χ1) is 6.29. The van der Waals surface area contributed by atoms with Gasteiger partial charge in [0.05, 0.1) is 0 Å². The molecular formula is C11H21NS. The monoisotopic (exact) mass is 199 g/mol. The maximum atomic E-state index is 4.36. The molecule has 2 aliphatic rings. The SMILES string of the molecule is CC(CS)CN(CC1CC1)C1CC1. The van der Waals surface area contributed by atoms with Gasteiger partial charge in [-0.2, -0.15) is 12.6 Å². The molecule has 13 heavy (non-hydrogen) atoms. The summed E-state index contributed by atoms with van der Waals surface area (Å²) >= 11 is 4.36. The van der Waals surface area contributed by atoms with Gasteiger partial charge in [-0.05, 0) is 43.3 Å². The average molecular weight is 199 g/mol. The van der Waals surface area contributed by atoms with Crippen molar-refractivity contribution in [3.05, 3.63) is 0 Å². The Morgan fingerprint density at radius 2 is 2.00 bits per heavy atom. The average Bonchev–Trinajstić information content (AvgIpc) is 2.96. The maximum absolute atomic E-state index is 4.36. The molecule has 0 amide bonds. The van der Waals surface area contributed by atoms with Crippen LogP contribution in [0.5, 0.6) is 0 Å². The van der Waals surface area contributed by atoms with Gasteiger partial charge < -0.3 is 0 Å². The van der Waals surface area contributed by atoms with Crippen LogP contribution in [0.2, 0.25) is 0 Å². The second-order valence-electron chi connectivity index (χ2n) is 4.92. The van der Waals surface area contributed by atoms with Crippen LogP contribution in [0.4, 0.5) is 0 Å². The Hall–Kier alpha value is 0.310. The van der Waals surface area contributed by atoms with Crippen molar-refractivity contribution >= 4 is 12.6 Å². The Labute approximate surface area is 87.3 Å². The van der Waals surface area contributed by atoms with Gasteiger partial charge in [0.1, 0.15) is 0 Å². The third kappa shape index (κ3) is 3.17. The molecule has 0 heterocycles. The van der Waals surface area contributed by atoms with Gasteiger partial charge in [0.2, 0.25) is 0 Å². The number of thiol groups is 1. The van der Waals surface area contributed by atoms with Gasteiger partial charge in [-0.25, -0.2) is 0 Å². The lowest BCUT2D eigenvalue weighted by molar-refractivity contribution is 0.227. The summed E-state index contributed by atoms with van der Waals surface area (Å²) in [6.45, 7) is 4.97. The highest BCUT2D eigenvalue weighted by Gasteiger charge is 2.33. The van der Waals surface area contributed by atoms with Gasteiger partial charge in [-0.1, -0.05) is 6.92 Å². The minimum atomic E-state index is 0.766. The maximum Gasteiger partial charge on any atom is 0.00966 e. The Balaban J connectivity index is 1.74. The van der Waals surface area contributed by atoms with Crippen molar-refractivity contribution in [2.75, 3.05) is 18.8 Å². The molecule has 2 aliphatic carbocycles. The molecule has 0 aromatic carbocycles. The Morgan fingerprint density at radius 1 is 1.31 bits per heavy atom. The van der Waals surface area contributed by atoms with Crippen molar-refractivity contribution in [2.24, 2.45) is 11.8 Å². The van der Waals surface area contributed by atoms with E-state index in [4.69, 9.17) is 0 Å². The second kappa shape index (κ2) is 4.22. The van der Waals surface area contributed by atoms with Gasteiger partial charge in [0.25, 0.3) is 0 Å². The highest BCUT2D eigenvalue weighted by molar-refractivity contribution is 7.80. The van der Waals surface area contributed by atoms with Crippen LogP contribution in [-0.4, -0.2) is 29.8 Å². The van der Waals surface area contributed by atoms with Crippen LogP contribution >= 0.6 is 12.6 Å². The number of rotatable bonds is 6. The first-order valence-electron chi connectivity index (χ1n) is 5.64. The van der Waals surface area contributed by atoms with Gasteiger partial charge in [0.15, 0.2) is 0 Å². The molecule has 0 aromatic rings. The lowest BCUT2D eigenvalue weighted by Crippen LogP contribution is -2.33. The molecule has 2 heteroatoms. The molecular weight excluding hydrogens is 178 g/mol. The van der Waals surface area contributed by atoms with E-state index in [0.717, 1.165) is 23.6 Å². The van der Waals surface area contributed by atoms with Crippen LogP contribution < -0.4 is 0 Å². The molecule has 0 bridgehead atoms. The largest absolute Gasteiger partial charge is 0.300 e. The molecule has 0 radical (unpaired) electrons. The van der Waals surface area contributed by atoms with Gasteiger partial charge >= 0.3 is 0 Å². The number of hydrogen-bond donors (Lipinski definition) is 1. The second-order valence-corrected chi connectivity index (χ2v) is 5.28. The van der Waals surface area contributed by atoms with E-state index < -0.39 is 0 Å². The van der Waals surface area contributed by atoms with E-state index >= 15 is 0 Å². The number of nitrogens with zero attached hydrogens (tertiary/aromatic N) is 1. The quantitative estimate of drug-likeness (QED) is 0.643. The molecule has 0 aromatic heterocycles. The first-order valence-corrected chi connectivity index (χ1v) is 6.27. The summed E-state index contributed by atoms with van der Waals surface area (Å²) in [5, 5.41) is 0. The normalized spacial score (nSPS) is 25.2. The standard InChI is InChI=1S/C11H21NS/c1-9(8-13)6-12(11-4-5-11)7-10-2-3-10/h9-11,13H,2-8H2,1H3. The van der Waals surface area contributed by atoms with Crippen LogP contribution in [0.3, 0.4) is 0 Å². The van der Waals surface area contributed by atoms with E-state index in [1.54, 1.807) is 0 Å². The predicted molar refractivity (Wildman–Crippen MR) is 60.3 cm³/mol. The van der Waals surface area contributed by atoms with Crippen molar-refractivity contribution in [2.45, 2.75) is 38.6 Å². The third-order valence-electron chi connectivity index (χ3n) is 3.11. The summed E-state index contributed by atoms with van der Waals surface area (Å²) in [6.07, 6.45) is 5.87. The molecule has 0 spiro atoms. The van der Waals surface area contributed by atoms with E-state index in [1.165, 1.54) is 38.8 Å². The predicted octanol–water partition coefficient (Wildman–Crippen LogP) is 2.43. The van der Waals surface area contributed by atoms with Gasteiger partial charge in [-0.3, -0.25) is 4.90 Å². The van der Waals surface area contributed by atoms with Crippen LogP contribution in [0.25, 0.3) is 0 Å². The molecule has 0 aliphatic heterocycles. The van der Waals surface area contributed by atoms with Crippen LogP contribution in [-0.2, 0) is 0 Å². The summed E-state index contributed by atoms with van der Waals surface area (Å²) < 4.78 is 0. The fourth-order valence-corrected chi connectivity index (χ4v) is 2.02. The minimum Gasteiger partial charge on any atom is -0.300 e. The third-order valence-corrected chi connectivity index (χ3v) is 3.73. The Bertz CT molecular complexity index is 163. The van der Waals surface area contributed by atoms with Crippen molar-refractivity contribution in [3.8, 4) is 0 Å². The lowest BCUT2D eigenvalue weighted by Gasteiger charge is -2.24. The fourth-order valence-electron chi connectivity index (χ4n) is 1.90. The number of hydrogen-bond acceptors (Lipinski definition) is 2. The van der Waals surface area contributed by atoms with Crippen LogP contribution in [0.15, 0.2) is 0 Å². The Morgan fingerprint density at radius 3 is 2.46 bits per heavy atom. The molecule has 2 saturated carbocycles. The zero-order chi connectivity index (χ0) is 9.26. The summed E-state index contributed by atoms with van der Waals surface area (Å²) in [7, 11) is 0. The highest BCUT2D eigenvalue weighted by Crippen LogP contribution is 2.35. The highest BCUT2D eigenvalue weighted by atomic mass is 32.1. The van der Waals surface area contributed by atoms with Crippen molar-refractivity contribution < 1.29 is 0 Å². The topological polar surface area (TPSA) is 3.24 Å². The zero-order valence-corrected chi connectivity index (χ0v) is 9.47. The molecule has 2 fully saturated rings. The van der Waals surface area contributed by atoms with E-state index in [1.807, 2.05) is 0 Å². The van der Waals surface area contributed by atoms with E-state index in [9.17, 15) is 0 Å². The summed E-state index contributed by atoms with van der Waals surface area (Å²) in [5.74, 6) is 2.85. The smallest absolute Gasteiger partial charge is 0.00966 e. The molecule has 1 nitrogen and oxygen atoms in total. The molecule has 0 saturated heterocycles. The summed E-state index contributed by atoms with van der Waals surface area (Å²) in [4.78, 5) is 2.72. The minimum absolute atomic E-state index is 0.766. The molecule has 76 valence electrons. The van der Waals surface area contributed by atoms with E-state index in [-0.39, 0.29) is 0 Å². The fraction of sp³-hybridized carbons (Fsp3) is 1.00. The van der Waals surface area contributed by atoms with Gasteiger partial charge in [-0.15, -0.1) is 0 Å². The zero-order valence-electron chi connectivity index (χ0n) is 8.58. The van der Waals surface area contributed by atoms with Gasteiger partial charge in [0, 0.05) is 19.1 Å². The van der Waals surface area contributed by atoms with Crippen molar-refractivity contribution in [1.82, 2.24) is 4.90 Å². The van der Waals surface area contributed by atoms with E-state index in [2.05, 4.69) is 24.5 Å².